The predicted molar refractivity (Wildman–Crippen MR) is 100 cm³/mol. The highest BCUT2D eigenvalue weighted by molar-refractivity contribution is 6.09. The van der Waals surface area contributed by atoms with Crippen LogP contribution in [-0.4, -0.2) is 31.1 Å². The lowest BCUT2D eigenvalue weighted by Gasteiger charge is -2.15. The third kappa shape index (κ3) is 6.02. The molecule has 29 heavy (non-hydrogen) atoms. The summed E-state index contributed by atoms with van der Waals surface area (Å²) >= 11 is 0. The van der Waals surface area contributed by atoms with Gasteiger partial charge in [-0.05, 0) is 49.2 Å². The van der Waals surface area contributed by atoms with E-state index in [0.29, 0.717) is 6.61 Å². The van der Waals surface area contributed by atoms with E-state index in [2.05, 4.69) is 15.6 Å². The van der Waals surface area contributed by atoms with Crippen molar-refractivity contribution < 1.29 is 27.1 Å². The minimum atomic E-state index is -4.50. The molecular formula is C20H19F4N3O2. The Morgan fingerprint density at radius 3 is 2.66 bits per heavy atom. The summed E-state index contributed by atoms with van der Waals surface area (Å²) in [5.74, 6) is -1.27. The molecule has 0 spiro atoms. The Morgan fingerprint density at radius 2 is 1.97 bits per heavy atom. The van der Waals surface area contributed by atoms with E-state index in [4.69, 9.17) is 4.74 Å². The Kier molecular flexibility index (Phi) is 6.48. The smallest absolute Gasteiger partial charge is 0.376 e. The molecule has 1 saturated heterocycles. The van der Waals surface area contributed by atoms with Crippen LogP contribution in [0.15, 0.2) is 53.5 Å². The Balaban J connectivity index is 1.79. The molecule has 1 aliphatic heterocycles. The molecule has 2 aromatic rings. The molecule has 1 heterocycles. The number of halogens is 4. The van der Waals surface area contributed by atoms with E-state index in [1.165, 1.54) is 30.3 Å². The summed E-state index contributed by atoms with van der Waals surface area (Å²) in [4.78, 5) is 16.7. The first kappa shape index (κ1) is 20.8. The van der Waals surface area contributed by atoms with Crippen LogP contribution in [-0.2, 0) is 10.9 Å². The Bertz CT molecular complexity index is 893. The zero-order chi connectivity index (χ0) is 20.9. The molecule has 0 bridgehead atoms. The summed E-state index contributed by atoms with van der Waals surface area (Å²) in [6.45, 7) is 0.844. The summed E-state index contributed by atoms with van der Waals surface area (Å²) < 4.78 is 57.7. The summed E-state index contributed by atoms with van der Waals surface area (Å²) in [5.41, 5.74) is -0.677. The molecule has 154 valence electrons. The fraction of sp³-hybridized carbons (Fsp3) is 0.300. The molecule has 1 amide bonds. The molecule has 5 nitrogen and oxygen atoms in total. The zero-order valence-electron chi connectivity index (χ0n) is 15.3. The molecule has 3 rings (SSSR count). The van der Waals surface area contributed by atoms with Crippen LogP contribution in [0, 0.1) is 5.82 Å². The van der Waals surface area contributed by atoms with E-state index in [9.17, 15) is 22.4 Å². The van der Waals surface area contributed by atoms with Crippen molar-refractivity contribution in [2.24, 2.45) is 4.99 Å². The average molecular weight is 409 g/mol. The van der Waals surface area contributed by atoms with Crippen LogP contribution < -0.4 is 10.6 Å². The molecule has 9 heteroatoms. The lowest BCUT2D eigenvalue weighted by molar-refractivity contribution is -0.137. The first-order valence-electron chi connectivity index (χ1n) is 8.98. The van der Waals surface area contributed by atoms with Crippen molar-refractivity contribution in [1.82, 2.24) is 5.32 Å². The Hall–Kier alpha value is -2.94. The van der Waals surface area contributed by atoms with Crippen molar-refractivity contribution in [2.75, 3.05) is 18.5 Å². The number of amides is 1. The standard InChI is InChI=1S/C20H19F4N3O2/c21-15-6-1-4-13(10-15)18(28)27-19(25-12-17-8-3-9-29-17)26-16-7-2-5-14(11-16)20(22,23)24/h1-2,4-7,10-11,17H,3,8-9,12H2,(H2,25,26,27,28)/t17-/m0/s1. The molecule has 1 fully saturated rings. The maximum absolute atomic E-state index is 13.4. The number of carbonyl (C=O) groups is 1. The zero-order valence-corrected chi connectivity index (χ0v) is 15.3. The molecule has 2 aromatic carbocycles. The number of hydrogen-bond acceptors (Lipinski definition) is 3. The fourth-order valence-corrected chi connectivity index (χ4v) is 2.81. The van der Waals surface area contributed by atoms with E-state index in [0.717, 1.165) is 31.0 Å². The number of guanidine groups is 1. The maximum Gasteiger partial charge on any atom is 0.416 e. The largest absolute Gasteiger partial charge is 0.416 e. The molecule has 2 N–H and O–H groups in total. The number of anilines is 1. The first-order chi connectivity index (χ1) is 13.8. The number of ether oxygens (including phenoxy) is 1. The number of nitrogens with one attached hydrogen (secondary N) is 2. The average Bonchev–Trinajstić information content (AvgIpc) is 3.19. The van der Waals surface area contributed by atoms with Gasteiger partial charge in [0.05, 0.1) is 18.2 Å². The van der Waals surface area contributed by atoms with Crippen molar-refractivity contribution in [3.63, 3.8) is 0 Å². The van der Waals surface area contributed by atoms with Gasteiger partial charge in [-0.1, -0.05) is 12.1 Å². The summed E-state index contributed by atoms with van der Waals surface area (Å²) in [6, 6.07) is 9.58. The highest BCUT2D eigenvalue weighted by Gasteiger charge is 2.30. The number of aliphatic imine (C=N–C) groups is 1. The van der Waals surface area contributed by atoms with Crippen LogP contribution in [0.25, 0.3) is 0 Å². The van der Waals surface area contributed by atoms with Crippen LogP contribution in [0.4, 0.5) is 23.2 Å². The Morgan fingerprint density at radius 1 is 1.17 bits per heavy atom. The molecule has 0 saturated carbocycles. The predicted octanol–water partition coefficient (Wildman–Crippen LogP) is 4.22. The van der Waals surface area contributed by atoms with E-state index >= 15 is 0 Å². The minimum absolute atomic E-state index is 0.0471. The highest BCUT2D eigenvalue weighted by atomic mass is 19.4. The van der Waals surface area contributed by atoms with Crippen molar-refractivity contribution in [1.29, 1.82) is 0 Å². The molecule has 1 atom stereocenters. The minimum Gasteiger partial charge on any atom is -0.376 e. The van der Waals surface area contributed by atoms with Crippen LogP contribution >= 0.6 is 0 Å². The summed E-state index contributed by atoms with van der Waals surface area (Å²) in [5, 5.41) is 5.19. The van der Waals surface area contributed by atoms with E-state index in [-0.39, 0.29) is 29.9 Å². The first-order valence-corrected chi connectivity index (χ1v) is 8.98. The second-order valence-electron chi connectivity index (χ2n) is 6.49. The molecular weight excluding hydrogens is 390 g/mol. The highest BCUT2D eigenvalue weighted by Crippen LogP contribution is 2.30. The second-order valence-corrected chi connectivity index (χ2v) is 6.49. The van der Waals surface area contributed by atoms with Gasteiger partial charge in [0, 0.05) is 17.9 Å². The molecule has 0 radical (unpaired) electrons. The topological polar surface area (TPSA) is 62.7 Å². The van der Waals surface area contributed by atoms with E-state index in [1.54, 1.807) is 0 Å². The number of nitrogens with zero attached hydrogens (tertiary/aromatic N) is 1. The lowest BCUT2D eigenvalue weighted by Crippen LogP contribution is -2.36. The van der Waals surface area contributed by atoms with Crippen LogP contribution in [0.2, 0.25) is 0 Å². The number of carbonyl (C=O) groups excluding carboxylic acids is 1. The van der Waals surface area contributed by atoms with Gasteiger partial charge in [0.25, 0.3) is 5.91 Å². The van der Waals surface area contributed by atoms with Gasteiger partial charge in [-0.25, -0.2) is 9.38 Å². The van der Waals surface area contributed by atoms with E-state index < -0.39 is 23.5 Å². The van der Waals surface area contributed by atoms with Gasteiger partial charge in [-0.15, -0.1) is 0 Å². The van der Waals surface area contributed by atoms with E-state index in [1.807, 2.05) is 0 Å². The number of rotatable bonds is 4. The molecule has 0 aliphatic carbocycles. The monoisotopic (exact) mass is 409 g/mol. The third-order valence-corrected chi connectivity index (χ3v) is 4.25. The van der Waals surface area contributed by atoms with Crippen LogP contribution in [0.5, 0.6) is 0 Å². The van der Waals surface area contributed by atoms with Gasteiger partial charge in [-0.3, -0.25) is 10.1 Å². The van der Waals surface area contributed by atoms with Gasteiger partial charge < -0.3 is 10.1 Å². The quantitative estimate of drug-likeness (QED) is 0.452. The third-order valence-electron chi connectivity index (χ3n) is 4.25. The molecule has 1 aliphatic rings. The van der Waals surface area contributed by atoms with Gasteiger partial charge >= 0.3 is 6.18 Å². The van der Waals surface area contributed by atoms with Crippen LogP contribution in [0.3, 0.4) is 0 Å². The molecule has 0 aromatic heterocycles. The summed E-state index contributed by atoms with van der Waals surface area (Å²) in [7, 11) is 0. The van der Waals surface area contributed by atoms with Gasteiger partial charge in [-0.2, -0.15) is 13.2 Å². The van der Waals surface area contributed by atoms with Gasteiger partial charge in [0.2, 0.25) is 5.96 Å². The van der Waals surface area contributed by atoms with Gasteiger partial charge in [0.1, 0.15) is 5.82 Å². The van der Waals surface area contributed by atoms with Crippen LogP contribution in [0.1, 0.15) is 28.8 Å². The normalized spacial score (nSPS) is 17.2. The SMILES string of the molecule is O=C(NC(=NC[C@@H]1CCCO1)Nc1cccc(C(F)(F)F)c1)c1cccc(F)c1. The van der Waals surface area contributed by atoms with Crippen molar-refractivity contribution >= 4 is 17.6 Å². The summed E-state index contributed by atoms with van der Waals surface area (Å²) in [6.07, 6.45) is -2.93. The molecule has 0 unspecified atom stereocenters. The Labute approximate surface area is 164 Å². The second kappa shape index (κ2) is 9.04. The van der Waals surface area contributed by atoms with Crippen molar-refractivity contribution in [2.45, 2.75) is 25.1 Å². The fourth-order valence-electron chi connectivity index (χ4n) is 2.81. The van der Waals surface area contributed by atoms with Crippen molar-refractivity contribution in [3.8, 4) is 0 Å². The maximum atomic E-state index is 13.4. The number of hydrogen-bond donors (Lipinski definition) is 2. The lowest BCUT2D eigenvalue weighted by atomic mass is 10.2. The number of alkyl halides is 3. The van der Waals surface area contributed by atoms with Crippen molar-refractivity contribution in [3.05, 3.63) is 65.5 Å². The number of benzene rings is 2. The van der Waals surface area contributed by atoms with Gasteiger partial charge in [0.15, 0.2) is 0 Å².